The van der Waals surface area contributed by atoms with Crippen LogP contribution in [-0.2, 0) is 0 Å². The fraction of sp³-hybridized carbons (Fsp3) is 0.211. The summed E-state index contributed by atoms with van der Waals surface area (Å²) in [6, 6.07) is 18.1. The lowest BCUT2D eigenvalue weighted by atomic mass is 10.2. The number of nitro groups is 1. The van der Waals surface area contributed by atoms with Gasteiger partial charge in [-0.05, 0) is 83.6 Å². The zero-order valence-electron chi connectivity index (χ0n) is 23.7. The fourth-order valence-corrected chi connectivity index (χ4v) is 4.16. The summed E-state index contributed by atoms with van der Waals surface area (Å²) in [5.41, 5.74) is 36.8. The third-order valence-corrected chi connectivity index (χ3v) is 6.44. The van der Waals surface area contributed by atoms with Gasteiger partial charge in [-0.1, -0.05) is 73.2 Å². The summed E-state index contributed by atoms with van der Waals surface area (Å²) in [5.74, 6) is 0. The summed E-state index contributed by atoms with van der Waals surface area (Å²) in [5, 5.41) is 15.3. The molecule has 0 heterocycles. The zero-order chi connectivity index (χ0) is 29.6. The van der Waals surface area contributed by atoms with Gasteiger partial charge in [0, 0.05) is 62.2 Å². The van der Waals surface area contributed by atoms with E-state index in [4.69, 9.17) is 0 Å². The van der Waals surface area contributed by atoms with E-state index in [-0.39, 0.29) is 5.69 Å². The van der Waals surface area contributed by atoms with Crippen LogP contribution in [0.3, 0.4) is 0 Å². The zero-order valence-corrected chi connectivity index (χ0v) is 23.7. The molecule has 0 unspecified atom stereocenters. The predicted octanol–water partition coefficient (Wildman–Crippen LogP) is 3.29. The first-order valence-electron chi connectivity index (χ1n) is 13.9. The van der Waals surface area contributed by atoms with Gasteiger partial charge in [0.1, 0.15) is 0 Å². The first-order valence-corrected chi connectivity index (χ1v) is 13.9. The molecule has 202 valence electrons. The van der Waals surface area contributed by atoms with Crippen molar-refractivity contribution >= 4 is 45.8 Å². The van der Waals surface area contributed by atoms with Crippen molar-refractivity contribution in [2.45, 2.75) is 39.5 Å². The molecular weight excluding hydrogens is 516 g/mol. The van der Waals surface area contributed by atoms with Crippen molar-refractivity contribution in [1.82, 2.24) is 0 Å². The SMILES string of the molecule is CCCCN(CCCC)c1ccc2c(c1)=C=C=C=C=c1cc([N+](=O)[O-])ccc1=C=C=C=C=c1ccccc1=C=C=C=C=2. The van der Waals surface area contributed by atoms with E-state index in [9.17, 15) is 10.1 Å². The molecule has 0 bridgehead atoms. The Kier molecular flexibility index (Phi) is 10.5. The maximum absolute atomic E-state index is 11.4. The van der Waals surface area contributed by atoms with Crippen LogP contribution in [0, 0.1) is 10.1 Å². The average molecular weight is 545 g/mol. The molecular formula is C38H28N2O2. The van der Waals surface area contributed by atoms with Gasteiger partial charge in [-0.3, -0.25) is 10.1 Å². The van der Waals surface area contributed by atoms with Crippen LogP contribution in [-0.4, -0.2) is 18.0 Å². The highest BCUT2D eigenvalue weighted by Crippen LogP contribution is 2.12. The molecule has 42 heavy (non-hydrogen) atoms. The lowest BCUT2D eigenvalue weighted by Crippen LogP contribution is -2.29. The maximum atomic E-state index is 11.4. The summed E-state index contributed by atoms with van der Waals surface area (Å²) in [6.07, 6.45) is 4.44. The summed E-state index contributed by atoms with van der Waals surface area (Å²) in [6.45, 7) is 6.33. The van der Waals surface area contributed by atoms with Crippen LogP contribution in [0.5, 0.6) is 0 Å². The van der Waals surface area contributed by atoms with Crippen LogP contribution in [0.4, 0.5) is 11.4 Å². The highest BCUT2D eigenvalue weighted by Gasteiger charge is 2.06. The molecule has 0 fully saturated rings. The number of benzene rings is 3. The molecule has 3 aromatic rings. The Labute approximate surface area is 244 Å². The van der Waals surface area contributed by atoms with Gasteiger partial charge >= 0.3 is 0 Å². The van der Waals surface area contributed by atoms with Crippen molar-refractivity contribution in [3.8, 4) is 0 Å². The Morgan fingerprint density at radius 3 is 1.50 bits per heavy atom. The molecule has 0 aromatic heterocycles. The van der Waals surface area contributed by atoms with Crippen LogP contribution in [0.2, 0.25) is 0 Å². The second-order valence-electron chi connectivity index (χ2n) is 9.46. The molecule has 0 amide bonds. The summed E-state index contributed by atoms with van der Waals surface area (Å²) >= 11 is 0. The minimum absolute atomic E-state index is 0.0666. The standard InChI is InChI=1S/C38H28N2O2/c1-3-5-27-39(28-6-4-2)37-25-23-33-19-11-9-17-31-15-7-8-16-32(31)18-10-12-20-34-24-26-38(40(41)42)30-36(34)22-14-13-21-35(33)29-37/h7-8,15-16,23-26,29-30H,3-6,27-28H2,1-2H3. The average Bonchev–Trinajstić information content (AvgIpc) is 3.00. The van der Waals surface area contributed by atoms with E-state index < -0.39 is 4.92 Å². The number of rotatable bonds is 8. The lowest BCUT2D eigenvalue weighted by molar-refractivity contribution is -0.385. The van der Waals surface area contributed by atoms with Gasteiger partial charge in [-0.25, -0.2) is 0 Å². The minimum atomic E-state index is -0.455. The van der Waals surface area contributed by atoms with E-state index in [1.54, 1.807) is 6.07 Å². The van der Waals surface area contributed by atoms with Crippen LogP contribution in [0.15, 0.2) is 95.1 Å². The fourth-order valence-electron chi connectivity index (χ4n) is 4.16. The molecule has 3 aromatic carbocycles. The van der Waals surface area contributed by atoms with E-state index in [0.29, 0.717) is 10.4 Å². The van der Waals surface area contributed by atoms with Gasteiger partial charge < -0.3 is 4.90 Å². The first kappa shape index (κ1) is 29.2. The monoisotopic (exact) mass is 544 g/mol. The van der Waals surface area contributed by atoms with E-state index in [2.05, 4.69) is 99.7 Å². The third kappa shape index (κ3) is 8.11. The molecule has 4 rings (SSSR count). The molecule has 0 radical (unpaired) electrons. The number of unbranched alkanes of at least 4 members (excludes halogenated alkanes) is 2. The van der Waals surface area contributed by atoms with Gasteiger partial charge in [0.05, 0.1) is 4.92 Å². The number of hydrogen-bond acceptors (Lipinski definition) is 3. The van der Waals surface area contributed by atoms with Crippen molar-refractivity contribution < 1.29 is 4.92 Å². The van der Waals surface area contributed by atoms with Gasteiger partial charge in [0.2, 0.25) is 0 Å². The van der Waals surface area contributed by atoms with E-state index in [1.165, 1.54) is 12.1 Å². The summed E-state index contributed by atoms with van der Waals surface area (Å²) in [4.78, 5) is 13.3. The quantitative estimate of drug-likeness (QED) is 0.194. The molecule has 0 atom stereocenters. The van der Waals surface area contributed by atoms with Gasteiger partial charge in [-0.2, -0.15) is 0 Å². The van der Waals surface area contributed by atoms with Crippen LogP contribution < -0.4 is 36.2 Å². The Morgan fingerprint density at radius 1 is 0.595 bits per heavy atom. The van der Waals surface area contributed by atoms with E-state index in [1.807, 2.05) is 30.3 Å². The van der Waals surface area contributed by atoms with Crippen molar-refractivity contribution in [2.24, 2.45) is 0 Å². The third-order valence-electron chi connectivity index (χ3n) is 6.44. The Hall–Kier alpha value is -5.78. The molecule has 0 saturated heterocycles. The smallest absolute Gasteiger partial charge is 0.270 e. The highest BCUT2D eigenvalue weighted by molar-refractivity contribution is 5.49. The van der Waals surface area contributed by atoms with Gasteiger partial charge in [0.25, 0.3) is 5.69 Å². The Morgan fingerprint density at radius 2 is 1.02 bits per heavy atom. The molecule has 4 nitrogen and oxygen atoms in total. The number of hydrogen-bond donors (Lipinski definition) is 0. The second-order valence-corrected chi connectivity index (χ2v) is 9.46. The largest absolute Gasteiger partial charge is 0.372 e. The number of anilines is 1. The van der Waals surface area contributed by atoms with Crippen LogP contribution in [0.1, 0.15) is 39.5 Å². The summed E-state index contributed by atoms with van der Waals surface area (Å²) in [7, 11) is 0. The van der Waals surface area contributed by atoms with Crippen molar-refractivity contribution in [3.63, 3.8) is 0 Å². The normalized spacial score (nSPS) is 10.4. The Balaban J connectivity index is 2.23. The molecule has 4 heteroatoms. The predicted molar refractivity (Wildman–Crippen MR) is 167 cm³/mol. The minimum Gasteiger partial charge on any atom is -0.372 e. The van der Waals surface area contributed by atoms with Crippen molar-refractivity contribution in [2.75, 3.05) is 18.0 Å². The van der Waals surface area contributed by atoms with Crippen LogP contribution in [0.25, 0.3) is 34.4 Å². The van der Waals surface area contributed by atoms with Crippen molar-refractivity contribution in [1.29, 1.82) is 0 Å². The van der Waals surface area contributed by atoms with Crippen LogP contribution >= 0.6 is 0 Å². The number of fused-ring (bicyclic) bond motifs is 3. The molecule has 1 aliphatic carbocycles. The number of non-ortho nitro benzene ring substituents is 1. The topological polar surface area (TPSA) is 46.4 Å². The molecule has 0 aliphatic heterocycles. The molecule has 0 spiro atoms. The Bertz CT molecular complexity index is 2290. The molecule has 1 aliphatic rings. The van der Waals surface area contributed by atoms with Crippen molar-refractivity contribution in [3.05, 3.63) is 136 Å². The maximum Gasteiger partial charge on any atom is 0.270 e. The molecule has 0 N–H and O–H groups in total. The van der Waals surface area contributed by atoms with E-state index in [0.717, 1.165) is 65.3 Å². The van der Waals surface area contributed by atoms with Gasteiger partial charge in [0.15, 0.2) is 0 Å². The number of nitrogens with zero attached hydrogens (tertiary/aromatic N) is 2. The highest BCUT2D eigenvalue weighted by atomic mass is 16.6. The van der Waals surface area contributed by atoms with E-state index >= 15 is 0 Å². The second kappa shape index (κ2) is 15.1. The lowest BCUT2D eigenvalue weighted by Gasteiger charge is -2.24. The number of nitro benzene ring substituents is 1. The summed E-state index contributed by atoms with van der Waals surface area (Å²) < 4.78 is 0. The van der Waals surface area contributed by atoms with Gasteiger partial charge in [-0.15, -0.1) is 0 Å². The molecule has 0 saturated carbocycles. The first-order chi connectivity index (χ1) is 20.6.